The van der Waals surface area contributed by atoms with Gasteiger partial charge in [-0.05, 0) is 36.2 Å². The van der Waals surface area contributed by atoms with Gasteiger partial charge in [-0.15, -0.1) is 0 Å². The first-order chi connectivity index (χ1) is 13.9. The number of ether oxygens (including phenoxy) is 1. The summed E-state index contributed by atoms with van der Waals surface area (Å²) in [5, 5.41) is 12.4. The zero-order valence-corrected chi connectivity index (χ0v) is 15.5. The summed E-state index contributed by atoms with van der Waals surface area (Å²) in [6, 6.07) is 13.2. The number of benzene rings is 2. The number of phenols is 1. The smallest absolute Gasteiger partial charge is 0.344 e. The molecule has 9 heteroatoms. The van der Waals surface area contributed by atoms with Gasteiger partial charge in [0.25, 0.3) is 11.8 Å². The molecule has 1 heterocycles. The maximum atomic E-state index is 12.9. The van der Waals surface area contributed by atoms with Crippen molar-refractivity contribution in [1.29, 1.82) is 0 Å². The molecule has 0 spiro atoms. The molecular weight excluding hydrogens is 378 g/mol. The molecular formula is C20H19N3O6. The maximum Gasteiger partial charge on any atom is 0.344 e. The van der Waals surface area contributed by atoms with Crippen molar-refractivity contribution in [2.45, 2.75) is 18.9 Å². The van der Waals surface area contributed by atoms with Crippen LogP contribution in [0.2, 0.25) is 0 Å². The number of phenolic OH excluding ortho intramolecular Hbond substituents is 1. The molecule has 0 radical (unpaired) electrons. The molecule has 1 saturated heterocycles. The fourth-order valence-electron chi connectivity index (χ4n) is 3.01. The molecule has 0 bridgehead atoms. The monoisotopic (exact) mass is 397 g/mol. The molecule has 1 aliphatic rings. The fourth-order valence-corrected chi connectivity index (χ4v) is 3.01. The van der Waals surface area contributed by atoms with Crippen LogP contribution in [0.15, 0.2) is 54.6 Å². The third kappa shape index (κ3) is 3.88. The van der Waals surface area contributed by atoms with Crippen molar-refractivity contribution in [3.8, 4) is 5.75 Å². The van der Waals surface area contributed by atoms with Crippen LogP contribution in [0, 0.1) is 0 Å². The number of esters is 1. The van der Waals surface area contributed by atoms with E-state index in [4.69, 9.17) is 4.74 Å². The molecule has 1 atom stereocenters. The van der Waals surface area contributed by atoms with Crippen molar-refractivity contribution < 1.29 is 29.0 Å². The Morgan fingerprint density at radius 2 is 1.76 bits per heavy atom. The van der Waals surface area contributed by atoms with Gasteiger partial charge in [0.05, 0.1) is 5.56 Å². The Bertz CT molecular complexity index is 944. The van der Waals surface area contributed by atoms with Gasteiger partial charge >= 0.3 is 12.0 Å². The van der Waals surface area contributed by atoms with Gasteiger partial charge in [-0.1, -0.05) is 37.3 Å². The van der Waals surface area contributed by atoms with Crippen LogP contribution in [0.4, 0.5) is 4.79 Å². The predicted octanol–water partition coefficient (Wildman–Crippen LogP) is 1.44. The molecule has 0 aromatic heterocycles. The van der Waals surface area contributed by atoms with E-state index in [1.54, 1.807) is 37.3 Å². The van der Waals surface area contributed by atoms with Crippen LogP contribution in [0.25, 0.3) is 0 Å². The van der Waals surface area contributed by atoms with Gasteiger partial charge in [-0.25, -0.2) is 9.59 Å². The number of urea groups is 1. The number of aromatic hydroxyl groups is 1. The van der Waals surface area contributed by atoms with Gasteiger partial charge in [0, 0.05) is 0 Å². The van der Waals surface area contributed by atoms with Gasteiger partial charge in [0.15, 0.2) is 6.61 Å². The molecule has 1 aliphatic heterocycles. The van der Waals surface area contributed by atoms with Crippen LogP contribution < -0.4 is 10.7 Å². The summed E-state index contributed by atoms with van der Waals surface area (Å²) >= 11 is 0. The number of hydrazine groups is 1. The highest BCUT2D eigenvalue weighted by atomic mass is 16.5. The molecule has 3 N–H and O–H groups in total. The maximum absolute atomic E-state index is 12.9. The SMILES string of the molecule is CC[C@@]1(c2ccccc2)NC(=O)N(NC(=O)COC(=O)c2ccc(O)cc2)C1=O. The lowest BCUT2D eigenvalue weighted by atomic mass is 9.87. The molecule has 4 amide bonds. The van der Waals surface area contributed by atoms with Gasteiger partial charge in [-0.2, -0.15) is 5.01 Å². The van der Waals surface area contributed by atoms with Gasteiger partial charge < -0.3 is 15.2 Å². The van der Waals surface area contributed by atoms with Gasteiger partial charge in [-0.3, -0.25) is 15.0 Å². The largest absolute Gasteiger partial charge is 0.508 e. The van der Waals surface area contributed by atoms with E-state index in [9.17, 15) is 24.3 Å². The molecule has 2 aromatic carbocycles. The van der Waals surface area contributed by atoms with E-state index in [-0.39, 0.29) is 17.7 Å². The zero-order valence-electron chi connectivity index (χ0n) is 15.5. The fraction of sp³-hybridized carbons (Fsp3) is 0.200. The Hall–Kier alpha value is -3.88. The molecule has 29 heavy (non-hydrogen) atoms. The minimum atomic E-state index is -1.28. The van der Waals surface area contributed by atoms with Crippen LogP contribution in [0.3, 0.4) is 0 Å². The highest BCUT2D eigenvalue weighted by Crippen LogP contribution is 2.31. The first-order valence-corrected chi connectivity index (χ1v) is 8.85. The van der Waals surface area contributed by atoms with Crippen LogP contribution in [-0.2, 0) is 19.9 Å². The van der Waals surface area contributed by atoms with E-state index >= 15 is 0 Å². The van der Waals surface area contributed by atoms with Crippen molar-refractivity contribution >= 4 is 23.8 Å². The number of hydrogen-bond acceptors (Lipinski definition) is 6. The van der Waals surface area contributed by atoms with E-state index in [0.717, 1.165) is 0 Å². The topological polar surface area (TPSA) is 125 Å². The number of amides is 4. The predicted molar refractivity (Wildman–Crippen MR) is 100 cm³/mol. The number of hydrogen-bond donors (Lipinski definition) is 3. The quantitative estimate of drug-likeness (QED) is 0.500. The first kappa shape index (κ1) is 19.9. The molecule has 1 fully saturated rings. The summed E-state index contributed by atoms with van der Waals surface area (Å²) in [6.45, 7) is 1.05. The average molecular weight is 397 g/mol. The summed E-state index contributed by atoms with van der Waals surface area (Å²) < 4.78 is 4.87. The van der Waals surface area contributed by atoms with Crippen LogP contribution in [0.5, 0.6) is 5.75 Å². The number of carbonyl (C=O) groups is 4. The van der Waals surface area contributed by atoms with Gasteiger partial charge in [0.2, 0.25) is 0 Å². The number of nitrogens with zero attached hydrogens (tertiary/aromatic N) is 1. The Labute approximate surface area is 166 Å². The van der Waals surface area contributed by atoms with E-state index in [1.807, 2.05) is 0 Å². The summed E-state index contributed by atoms with van der Waals surface area (Å²) in [5.74, 6) is -2.28. The van der Waals surface area contributed by atoms with E-state index < -0.39 is 36.0 Å². The normalized spacial score (nSPS) is 18.3. The van der Waals surface area contributed by atoms with Crippen molar-refractivity contribution in [1.82, 2.24) is 15.8 Å². The lowest BCUT2D eigenvalue weighted by Crippen LogP contribution is -2.49. The first-order valence-electron chi connectivity index (χ1n) is 8.85. The van der Waals surface area contributed by atoms with Crippen LogP contribution >= 0.6 is 0 Å². The molecule has 0 unspecified atom stereocenters. The molecule has 150 valence electrons. The summed E-state index contributed by atoms with van der Waals surface area (Å²) in [7, 11) is 0. The molecule has 0 saturated carbocycles. The van der Waals surface area contributed by atoms with Crippen molar-refractivity contribution in [2.75, 3.05) is 6.61 Å². The lowest BCUT2D eigenvalue weighted by Gasteiger charge is -2.25. The summed E-state index contributed by atoms with van der Waals surface area (Å²) in [5.41, 5.74) is 1.62. The Balaban J connectivity index is 1.64. The second-order valence-electron chi connectivity index (χ2n) is 6.35. The van der Waals surface area contributed by atoms with Crippen LogP contribution in [-0.4, -0.2) is 40.5 Å². The molecule has 2 aromatic rings. The van der Waals surface area contributed by atoms with Crippen molar-refractivity contribution in [3.05, 3.63) is 65.7 Å². The minimum Gasteiger partial charge on any atom is -0.508 e. The third-order valence-corrected chi connectivity index (χ3v) is 4.56. The number of carbonyl (C=O) groups excluding carboxylic acids is 4. The Morgan fingerprint density at radius 1 is 1.10 bits per heavy atom. The molecule has 0 aliphatic carbocycles. The zero-order chi connectivity index (χ0) is 21.0. The molecule has 9 nitrogen and oxygen atoms in total. The number of nitrogens with one attached hydrogen (secondary N) is 2. The second-order valence-corrected chi connectivity index (χ2v) is 6.35. The van der Waals surface area contributed by atoms with Gasteiger partial charge in [0.1, 0.15) is 11.3 Å². The molecule has 3 rings (SSSR count). The van der Waals surface area contributed by atoms with E-state index in [2.05, 4.69) is 10.7 Å². The van der Waals surface area contributed by atoms with Crippen LogP contribution in [0.1, 0.15) is 29.3 Å². The van der Waals surface area contributed by atoms with Crippen molar-refractivity contribution in [3.63, 3.8) is 0 Å². The highest BCUT2D eigenvalue weighted by Gasteiger charge is 2.52. The second kappa shape index (κ2) is 8.01. The van der Waals surface area contributed by atoms with E-state index in [1.165, 1.54) is 24.3 Å². The minimum absolute atomic E-state index is 0.0179. The van der Waals surface area contributed by atoms with Crippen molar-refractivity contribution in [2.24, 2.45) is 0 Å². The standard InChI is InChI=1S/C20H19N3O6/c1-2-20(14-6-4-3-5-7-14)18(27)23(19(28)21-20)22-16(25)12-29-17(26)13-8-10-15(24)11-9-13/h3-11,24H,2,12H2,1H3,(H,21,28)(H,22,25)/t20-/m0/s1. The summed E-state index contributed by atoms with van der Waals surface area (Å²) in [6.07, 6.45) is 0.282. The lowest BCUT2D eigenvalue weighted by molar-refractivity contribution is -0.140. The Kier molecular flexibility index (Phi) is 5.49. The number of rotatable bonds is 6. The number of imide groups is 1. The summed E-state index contributed by atoms with van der Waals surface area (Å²) in [4.78, 5) is 49.2. The third-order valence-electron chi connectivity index (χ3n) is 4.56. The Morgan fingerprint density at radius 3 is 2.38 bits per heavy atom. The average Bonchev–Trinajstić information content (AvgIpc) is 2.98. The van der Waals surface area contributed by atoms with E-state index in [0.29, 0.717) is 10.6 Å². The highest BCUT2D eigenvalue weighted by molar-refractivity contribution is 6.08.